The molecule has 1 N–H and O–H groups in total. The third kappa shape index (κ3) is 2.41. The second-order valence-electron chi connectivity index (χ2n) is 4.23. The summed E-state index contributed by atoms with van der Waals surface area (Å²) in [6, 6.07) is 3.72. The summed E-state index contributed by atoms with van der Waals surface area (Å²) in [5, 5.41) is 9.43. The average Bonchev–Trinajstić information content (AvgIpc) is 2.48. The molecule has 0 aliphatic carbocycles. The molecule has 0 amide bonds. The van der Waals surface area contributed by atoms with E-state index in [9.17, 15) is 14.3 Å². The fourth-order valence-corrected chi connectivity index (χ4v) is 2.12. The van der Waals surface area contributed by atoms with Crippen LogP contribution in [0.5, 0.6) is 0 Å². The van der Waals surface area contributed by atoms with E-state index in [0.717, 1.165) is 6.07 Å². The molecule has 2 heterocycles. The van der Waals surface area contributed by atoms with Crippen molar-refractivity contribution in [2.24, 2.45) is 0 Å². The van der Waals surface area contributed by atoms with Crippen LogP contribution in [-0.2, 0) is 0 Å². The van der Waals surface area contributed by atoms with Gasteiger partial charge in [-0.25, -0.2) is 14.2 Å². The van der Waals surface area contributed by atoms with E-state index >= 15 is 0 Å². The van der Waals surface area contributed by atoms with Gasteiger partial charge in [0.2, 0.25) is 0 Å². The molecule has 5 nitrogen and oxygen atoms in total. The fourth-order valence-electron chi connectivity index (χ4n) is 1.96. The summed E-state index contributed by atoms with van der Waals surface area (Å²) in [6.07, 6.45) is 4.40. The van der Waals surface area contributed by atoms with Crippen LogP contribution in [-0.4, -0.2) is 26.0 Å². The largest absolute Gasteiger partial charge is 0.478 e. The number of hydrogen-bond donors (Lipinski definition) is 1. The minimum Gasteiger partial charge on any atom is -0.478 e. The molecule has 0 saturated carbocycles. The number of carboxylic acids is 1. The van der Waals surface area contributed by atoms with Gasteiger partial charge >= 0.3 is 5.97 Å². The van der Waals surface area contributed by atoms with Crippen molar-refractivity contribution in [3.63, 3.8) is 0 Å². The number of aromatic carboxylic acids is 1. The first-order chi connectivity index (χ1) is 10.1. The zero-order valence-electron chi connectivity index (χ0n) is 10.4. The molecule has 3 rings (SSSR count). The van der Waals surface area contributed by atoms with E-state index in [1.54, 1.807) is 0 Å². The first-order valence-corrected chi connectivity index (χ1v) is 6.23. The van der Waals surface area contributed by atoms with Crippen LogP contribution in [0.25, 0.3) is 22.3 Å². The van der Waals surface area contributed by atoms with E-state index in [0.29, 0.717) is 11.4 Å². The van der Waals surface area contributed by atoms with Gasteiger partial charge in [0.25, 0.3) is 0 Å². The van der Waals surface area contributed by atoms with Gasteiger partial charge in [-0.3, -0.25) is 9.97 Å². The quantitative estimate of drug-likeness (QED) is 0.787. The van der Waals surface area contributed by atoms with Crippen LogP contribution in [0.15, 0.2) is 36.8 Å². The highest BCUT2D eigenvalue weighted by atomic mass is 35.5. The number of fused-ring (bicyclic) bond motifs is 1. The van der Waals surface area contributed by atoms with Gasteiger partial charge in [0.05, 0.1) is 28.0 Å². The zero-order valence-corrected chi connectivity index (χ0v) is 11.2. The number of carboxylic acid groups (broad SMARTS) is 1. The monoisotopic (exact) mass is 303 g/mol. The Labute approximate surface area is 123 Å². The van der Waals surface area contributed by atoms with Crippen molar-refractivity contribution in [1.82, 2.24) is 15.0 Å². The number of halogens is 2. The molecule has 104 valence electrons. The molecule has 1 aromatic carbocycles. The first kappa shape index (κ1) is 13.4. The van der Waals surface area contributed by atoms with Gasteiger partial charge in [0.15, 0.2) is 0 Å². The molecular weight excluding hydrogens is 297 g/mol. The maximum atomic E-state index is 13.6. The van der Waals surface area contributed by atoms with E-state index in [2.05, 4.69) is 15.0 Å². The van der Waals surface area contributed by atoms with Crippen LogP contribution in [0.4, 0.5) is 4.39 Å². The first-order valence-electron chi connectivity index (χ1n) is 5.86. The molecule has 3 aromatic rings. The Morgan fingerprint density at radius 3 is 2.67 bits per heavy atom. The Kier molecular flexibility index (Phi) is 3.23. The molecule has 0 aliphatic heterocycles. The van der Waals surface area contributed by atoms with Crippen LogP contribution < -0.4 is 0 Å². The molecule has 0 unspecified atom stereocenters. The summed E-state index contributed by atoms with van der Waals surface area (Å²) >= 11 is 5.70. The van der Waals surface area contributed by atoms with Gasteiger partial charge in [0.1, 0.15) is 11.5 Å². The standard InChI is InChI=1S/C14H7ClFN3O2/c15-9-3-7-8(14(20)21)4-12(13-6-17-1-2-18-13)19-11(7)5-10(9)16/h1-6H,(H,20,21). The molecule has 0 radical (unpaired) electrons. The van der Waals surface area contributed by atoms with Crippen molar-refractivity contribution in [1.29, 1.82) is 0 Å². The van der Waals surface area contributed by atoms with Crippen LogP contribution in [0.2, 0.25) is 5.02 Å². The normalized spacial score (nSPS) is 10.8. The Balaban J connectivity index is 2.35. The molecule has 7 heteroatoms. The van der Waals surface area contributed by atoms with Crippen LogP contribution in [0.3, 0.4) is 0 Å². The second-order valence-corrected chi connectivity index (χ2v) is 4.64. The second kappa shape index (κ2) is 5.06. The Morgan fingerprint density at radius 1 is 1.19 bits per heavy atom. The van der Waals surface area contributed by atoms with E-state index < -0.39 is 11.8 Å². The lowest BCUT2D eigenvalue weighted by atomic mass is 10.1. The van der Waals surface area contributed by atoms with Gasteiger partial charge in [0, 0.05) is 23.8 Å². The summed E-state index contributed by atoms with van der Waals surface area (Å²) < 4.78 is 13.6. The predicted molar refractivity (Wildman–Crippen MR) is 74.7 cm³/mol. The number of nitrogens with zero attached hydrogens (tertiary/aromatic N) is 3. The fraction of sp³-hybridized carbons (Fsp3) is 0. The number of pyridine rings is 1. The molecule has 0 atom stereocenters. The number of benzene rings is 1. The van der Waals surface area contributed by atoms with Crippen LogP contribution >= 0.6 is 11.6 Å². The summed E-state index contributed by atoms with van der Waals surface area (Å²) in [4.78, 5) is 23.6. The van der Waals surface area contributed by atoms with Crippen molar-refractivity contribution in [3.8, 4) is 11.4 Å². The van der Waals surface area contributed by atoms with E-state index in [4.69, 9.17) is 11.6 Å². The van der Waals surface area contributed by atoms with Crippen molar-refractivity contribution >= 4 is 28.5 Å². The highest BCUT2D eigenvalue weighted by Gasteiger charge is 2.15. The van der Waals surface area contributed by atoms with Crippen LogP contribution in [0, 0.1) is 5.82 Å². The summed E-state index contributed by atoms with van der Waals surface area (Å²) in [7, 11) is 0. The van der Waals surface area contributed by atoms with Gasteiger partial charge < -0.3 is 5.11 Å². The lowest BCUT2D eigenvalue weighted by Crippen LogP contribution is -2.01. The minimum atomic E-state index is -1.16. The third-order valence-corrected chi connectivity index (χ3v) is 3.20. The summed E-state index contributed by atoms with van der Waals surface area (Å²) in [5.41, 5.74) is 0.868. The third-order valence-electron chi connectivity index (χ3n) is 2.91. The van der Waals surface area contributed by atoms with E-state index in [-0.39, 0.29) is 21.5 Å². The Morgan fingerprint density at radius 2 is 2.00 bits per heavy atom. The molecule has 2 aromatic heterocycles. The lowest BCUT2D eigenvalue weighted by molar-refractivity contribution is 0.0699. The van der Waals surface area contributed by atoms with Crippen molar-refractivity contribution in [3.05, 3.63) is 53.2 Å². The molecule has 0 aliphatic rings. The molecular formula is C14H7ClFN3O2. The SMILES string of the molecule is O=C(O)c1cc(-c2cnccn2)nc2cc(F)c(Cl)cc12. The number of hydrogen-bond acceptors (Lipinski definition) is 4. The van der Waals surface area contributed by atoms with Gasteiger partial charge in [-0.1, -0.05) is 11.6 Å². The van der Waals surface area contributed by atoms with Crippen molar-refractivity contribution in [2.45, 2.75) is 0 Å². The lowest BCUT2D eigenvalue weighted by Gasteiger charge is -2.07. The predicted octanol–water partition coefficient (Wildman–Crippen LogP) is 3.18. The Bertz CT molecular complexity index is 856. The van der Waals surface area contributed by atoms with Gasteiger partial charge in [-0.05, 0) is 12.1 Å². The van der Waals surface area contributed by atoms with Crippen molar-refractivity contribution in [2.75, 3.05) is 0 Å². The Hall–Kier alpha value is -2.60. The molecule has 0 spiro atoms. The maximum Gasteiger partial charge on any atom is 0.336 e. The van der Waals surface area contributed by atoms with Crippen LogP contribution in [0.1, 0.15) is 10.4 Å². The minimum absolute atomic E-state index is 0.0254. The molecule has 21 heavy (non-hydrogen) atoms. The number of rotatable bonds is 2. The number of carbonyl (C=O) groups is 1. The highest BCUT2D eigenvalue weighted by Crippen LogP contribution is 2.27. The topological polar surface area (TPSA) is 76.0 Å². The molecule has 0 saturated heterocycles. The summed E-state index contributed by atoms with van der Waals surface area (Å²) in [6.45, 7) is 0. The van der Waals surface area contributed by atoms with Crippen molar-refractivity contribution < 1.29 is 14.3 Å². The zero-order chi connectivity index (χ0) is 15.0. The average molecular weight is 304 g/mol. The highest BCUT2D eigenvalue weighted by molar-refractivity contribution is 6.31. The summed E-state index contributed by atoms with van der Waals surface area (Å²) in [5.74, 6) is -1.82. The van der Waals surface area contributed by atoms with E-state index in [1.807, 2.05) is 0 Å². The molecule has 0 bridgehead atoms. The number of aromatic nitrogens is 3. The molecule has 0 fully saturated rings. The van der Waals surface area contributed by atoms with Gasteiger partial charge in [-0.2, -0.15) is 0 Å². The van der Waals surface area contributed by atoms with Gasteiger partial charge in [-0.15, -0.1) is 0 Å². The van der Waals surface area contributed by atoms with E-state index in [1.165, 1.54) is 30.7 Å². The smallest absolute Gasteiger partial charge is 0.336 e. The maximum absolute atomic E-state index is 13.6.